The van der Waals surface area contributed by atoms with Crippen molar-refractivity contribution in [3.63, 3.8) is 0 Å². The van der Waals surface area contributed by atoms with Gasteiger partial charge in [0.2, 0.25) is 0 Å². The smallest absolute Gasteiger partial charge is 0.186 e. The summed E-state index contributed by atoms with van der Waals surface area (Å²) in [7, 11) is 0. The fourth-order valence-electron chi connectivity index (χ4n) is 2.32. The molecule has 1 aliphatic heterocycles. The summed E-state index contributed by atoms with van der Waals surface area (Å²) >= 11 is 2.75. The van der Waals surface area contributed by atoms with Gasteiger partial charge in [0.1, 0.15) is 13.2 Å². The minimum Gasteiger partial charge on any atom is -0.486 e. The maximum Gasteiger partial charge on any atom is 0.186 e. The highest BCUT2D eigenvalue weighted by molar-refractivity contribution is 8.14. The average molecular weight is 374 g/mol. The number of hydrogen-bond acceptors (Lipinski definition) is 6. The minimum absolute atomic E-state index is 0.0220. The van der Waals surface area contributed by atoms with E-state index in [0.29, 0.717) is 18.8 Å². The molecule has 1 heterocycles. The molecule has 0 saturated carbocycles. The first-order valence-corrected chi connectivity index (χ1v) is 9.87. The molecule has 0 unspecified atom stereocenters. The zero-order valence-electron chi connectivity index (χ0n) is 13.8. The molecule has 25 heavy (non-hydrogen) atoms. The number of fused-ring (bicyclic) bond motifs is 1. The number of Topliss-reactive ketones (excluding diaryl/α,β-unsaturated/α-hetero) is 1. The lowest BCUT2D eigenvalue weighted by Crippen LogP contribution is -2.15. The molecule has 0 fully saturated rings. The number of ketones is 1. The number of carbonyl (C=O) groups excluding carboxylic acids is 2. The molecule has 2 aromatic carbocycles. The van der Waals surface area contributed by atoms with E-state index in [1.165, 1.54) is 6.92 Å². The van der Waals surface area contributed by atoms with Crippen molar-refractivity contribution in [2.45, 2.75) is 17.6 Å². The molecule has 0 aliphatic carbocycles. The highest BCUT2D eigenvalue weighted by Gasteiger charge is 2.12. The van der Waals surface area contributed by atoms with Crippen molar-refractivity contribution in [3.05, 3.63) is 53.6 Å². The fraction of sp³-hybridized carbons (Fsp3) is 0.263. The van der Waals surface area contributed by atoms with Gasteiger partial charge in [0.05, 0.1) is 5.75 Å². The van der Waals surface area contributed by atoms with Crippen LogP contribution >= 0.6 is 23.5 Å². The number of carbonyl (C=O) groups is 2. The van der Waals surface area contributed by atoms with E-state index in [-0.39, 0.29) is 16.7 Å². The number of rotatable bonds is 6. The summed E-state index contributed by atoms with van der Waals surface area (Å²) in [5.41, 5.74) is 1.78. The van der Waals surface area contributed by atoms with E-state index in [1.807, 2.05) is 42.5 Å². The molecule has 2 aromatic rings. The second-order valence-corrected chi connectivity index (χ2v) is 7.70. The van der Waals surface area contributed by atoms with Gasteiger partial charge in [0, 0.05) is 23.1 Å². The number of ether oxygens (including phenoxy) is 2. The lowest BCUT2D eigenvalue weighted by molar-refractivity contribution is -0.109. The predicted molar refractivity (Wildman–Crippen MR) is 101 cm³/mol. The largest absolute Gasteiger partial charge is 0.486 e. The Balaban J connectivity index is 1.56. The van der Waals surface area contributed by atoms with Crippen LogP contribution in [0.2, 0.25) is 0 Å². The molecule has 0 atom stereocenters. The predicted octanol–water partition coefficient (Wildman–Crippen LogP) is 4.21. The van der Waals surface area contributed by atoms with Gasteiger partial charge in [-0.05, 0) is 23.8 Å². The molecule has 4 nitrogen and oxygen atoms in total. The average Bonchev–Trinajstić information content (AvgIpc) is 2.64. The lowest BCUT2D eigenvalue weighted by atomic mass is 10.1. The molecule has 0 bridgehead atoms. The van der Waals surface area contributed by atoms with Gasteiger partial charge < -0.3 is 9.47 Å². The van der Waals surface area contributed by atoms with Crippen LogP contribution in [0.5, 0.6) is 11.5 Å². The Hall–Kier alpha value is -1.92. The minimum atomic E-state index is -0.0409. The Labute approximate surface area is 155 Å². The molecule has 0 spiro atoms. The van der Waals surface area contributed by atoms with E-state index in [0.717, 1.165) is 39.5 Å². The summed E-state index contributed by atoms with van der Waals surface area (Å²) in [4.78, 5) is 24.0. The molecular formula is C19H18O4S2. The van der Waals surface area contributed by atoms with Crippen LogP contribution in [-0.4, -0.2) is 29.9 Å². The topological polar surface area (TPSA) is 52.6 Å². The van der Waals surface area contributed by atoms with Gasteiger partial charge in [-0.2, -0.15) is 0 Å². The molecule has 0 saturated heterocycles. The van der Waals surface area contributed by atoms with Crippen molar-refractivity contribution in [1.29, 1.82) is 0 Å². The van der Waals surface area contributed by atoms with E-state index in [9.17, 15) is 9.59 Å². The van der Waals surface area contributed by atoms with Crippen molar-refractivity contribution in [1.82, 2.24) is 0 Å². The van der Waals surface area contributed by atoms with Gasteiger partial charge in [0.25, 0.3) is 0 Å². The molecule has 0 radical (unpaired) electrons. The molecule has 0 N–H and O–H groups in total. The molecule has 0 aromatic heterocycles. The second kappa shape index (κ2) is 8.45. The van der Waals surface area contributed by atoms with Gasteiger partial charge >= 0.3 is 0 Å². The second-order valence-electron chi connectivity index (χ2n) is 5.49. The third-order valence-corrected chi connectivity index (χ3v) is 5.48. The lowest BCUT2D eigenvalue weighted by Gasteiger charge is -2.18. The number of thioether (sulfide) groups is 2. The van der Waals surface area contributed by atoms with E-state index >= 15 is 0 Å². The van der Waals surface area contributed by atoms with Gasteiger partial charge in [-0.25, -0.2) is 0 Å². The highest BCUT2D eigenvalue weighted by atomic mass is 32.2. The van der Waals surface area contributed by atoms with Gasteiger partial charge in [-0.15, -0.1) is 11.8 Å². The van der Waals surface area contributed by atoms with Crippen molar-refractivity contribution in [2.75, 3.05) is 19.0 Å². The van der Waals surface area contributed by atoms with Crippen LogP contribution in [0.1, 0.15) is 22.8 Å². The van der Waals surface area contributed by atoms with Crippen LogP contribution in [0.25, 0.3) is 0 Å². The number of benzene rings is 2. The van der Waals surface area contributed by atoms with E-state index in [4.69, 9.17) is 9.47 Å². The summed E-state index contributed by atoms with van der Waals surface area (Å²) in [6, 6.07) is 13.5. The third-order valence-electron chi connectivity index (χ3n) is 3.60. The van der Waals surface area contributed by atoms with Crippen LogP contribution in [0.3, 0.4) is 0 Å². The maximum absolute atomic E-state index is 12.0. The molecule has 0 amide bonds. The van der Waals surface area contributed by atoms with E-state index in [1.54, 1.807) is 11.8 Å². The van der Waals surface area contributed by atoms with Crippen molar-refractivity contribution in [2.24, 2.45) is 0 Å². The Bertz CT molecular complexity index is 771. The molecule has 3 rings (SSSR count). The number of hydrogen-bond donors (Lipinski definition) is 0. The van der Waals surface area contributed by atoms with Crippen LogP contribution < -0.4 is 9.47 Å². The molecule has 1 aliphatic rings. The van der Waals surface area contributed by atoms with Crippen LogP contribution in [0, 0.1) is 0 Å². The molecular weight excluding hydrogens is 356 g/mol. The van der Waals surface area contributed by atoms with Crippen LogP contribution in [-0.2, 0) is 10.5 Å². The first-order valence-electron chi connectivity index (χ1n) is 7.90. The van der Waals surface area contributed by atoms with Gasteiger partial charge in [0.15, 0.2) is 22.4 Å². The normalized spacial score (nSPS) is 12.7. The fourth-order valence-corrected chi connectivity index (χ4v) is 3.70. The van der Waals surface area contributed by atoms with Crippen LogP contribution in [0.15, 0.2) is 47.4 Å². The Kier molecular flexibility index (Phi) is 6.04. The standard InChI is InChI=1S/C19H18O4S2/c1-13(20)24-12-17(21)15-4-2-14(3-5-15)11-25-16-6-7-18-19(10-16)23-9-8-22-18/h2-7,10H,8-9,11-12H2,1H3. The molecule has 130 valence electrons. The maximum atomic E-state index is 12.0. The first kappa shape index (κ1) is 17.9. The summed E-state index contributed by atoms with van der Waals surface area (Å²) in [6.07, 6.45) is 0. The quantitative estimate of drug-likeness (QED) is 0.558. The monoisotopic (exact) mass is 374 g/mol. The summed E-state index contributed by atoms with van der Waals surface area (Å²) in [5, 5.41) is -0.0409. The third kappa shape index (κ3) is 5.03. The molecule has 6 heteroatoms. The van der Waals surface area contributed by atoms with E-state index < -0.39 is 0 Å². The van der Waals surface area contributed by atoms with E-state index in [2.05, 4.69) is 0 Å². The zero-order valence-corrected chi connectivity index (χ0v) is 15.5. The Morgan fingerprint density at radius 3 is 2.44 bits per heavy atom. The zero-order chi connectivity index (χ0) is 17.6. The van der Waals surface area contributed by atoms with Crippen molar-refractivity contribution < 1.29 is 19.1 Å². The van der Waals surface area contributed by atoms with Crippen LogP contribution in [0.4, 0.5) is 0 Å². The van der Waals surface area contributed by atoms with Crippen molar-refractivity contribution >= 4 is 34.4 Å². The SMILES string of the molecule is CC(=O)SCC(=O)c1ccc(CSc2ccc3c(c2)OCCO3)cc1. The highest BCUT2D eigenvalue weighted by Crippen LogP contribution is 2.35. The van der Waals surface area contributed by atoms with Gasteiger partial charge in [-0.3, -0.25) is 9.59 Å². The first-order chi connectivity index (χ1) is 12.1. The van der Waals surface area contributed by atoms with Crippen molar-refractivity contribution in [3.8, 4) is 11.5 Å². The van der Waals surface area contributed by atoms with Gasteiger partial charge in [-0.1, -0.05) is 36.0 Å². The Morgan fingerprint density at radius 2 is 1.72 bits per heavy atom. The summed E-state index contributed by atoms with van der Waals surface area (Å²) < 4.78 is 11.1. The summed E-state index contributed by atoms with van der Waals surface area (Å²) in [5.74, 6) is 2.56. The Morgan fingerprint density at radius 1 is 1.00 bits per heavy atom. The summed E-state index contributed by atoms with van der Waals surface area (Å²) in [6.45, 7) is 2.64.